The highest BCUT2D eigenvalue weighted by Crippen LogP contribution is 2.15. The highest BCUT2D eigenvalue weighted by molar-refractivity contribution is 5.76. The van der Waals surface area contributed by atoms with E-state index in [4.69, 9.17) is 4.74 Å². The van der Waals surface area contributed by atoms with Crippen LogP contribution < -0.4 is 0 Å². The molecule has 2 fully saturated rings. The third kappa shape index (κ3) is 5.04. The topological polar surface area (TPSA) is 36.0 Å². The van der Waals surface area contributed by atoms with E-state index in [-0.39, 0.29) is 0 Å². The van der Waals surface area contributed by atoms with Gasteiger partial charge in [-0.1, -0.05) is 0 Å². The van der Waals surface area contributed by atoms with E-state index in [0.29, 0.717) is 18.4 Å². The first-order valence-corrected chi connectivity index (χ1v) is 7.91. The van der Waals surface area contributed by atoms with Gasteiger partial charge in [0.05, 0.1) is 6.10 Å². The van der Waals surface area contributed by atoms with Crippen LogP contribution in [0.3, 0.4) is 0 Å². The Bertz CT molecular complexity index is 303. The Morgan fingerprint density at radius 3 is 2.80 bits per heavy atom. The predicted octanol–water partition coefficient (Wildman–Crippen LogP) is 0.651. The highest BCUT2D eigenvalue weighted by atomic mass is 16.5. The van der Waals surface area contributed by atoms with Crippen LogP contribution in [0.5, 0.6) is 0 Å². The Hall–Kier alpha value is -0.650. The van der Waals surface area contributed by atoms with Gasteiger partial charge in [-0.15, -0.1) is 0 Å². The molecule has 2 heterocycles. The standard InChI is InChI=1S/C15H29N3O2/c1-16(2)8-10-18-11-9-17(7-6-15(18)19)13-14-5-3-4-12-20-14/h14H,3-13H2,1-2H3. The molecule has 0 N–H and O–H groups in total. The van der Waals surface area contributed by atoms with Gasteiger partial charge in [0.1, 0.15) is 0 Å². The zero-order valence-electron chi connectivity index (χ0n) is 13.0. The van der Waals surface area contributed by atoms with Gasteiger partial charge in [0.2, 0.25) is 5.91 Å². The number of nitrogens with zero attached hydrogens (tertiary/aromatic N) is 3. The van der Waals surface area contributed by atoms with Crippen LogP contribution in [0.2, 0.25) is 0 Å². The van der Waals surface area contributed by atoms with Crippen LogP contribution in [0, 0.1) is 0 Å². The first-order chi connectivity index (χ1) is 9.65. The van der Waals surface area contributed by atoms with Crippen molar-refractivity contribution in [2.24, 2.45) is 0 Å². The number of carbonyl (C=O) groups is 1. The maximum atomic E-state index is 12.1. The van der Waals surface area contributed by atoms with E-state index >= 15 is 0 Å². The Balaban J connectivity index is 1.76. The number of hydrogen-bond donors (Lipinski definition) is 0. The molecule has 2 aliphatic heterocycles. The fraction of sp³-hybridized carbons (Fsp3) is 0.933. The zero-order valence-corrected chi connectivity index (χ0v) is 13.0. The second kappa shape index (κ2) is 7.96. The smallest absolute Gasteiger partial charge is 0.223 e. The molecule has 0 bridgehead atoms. The molecule has 2 saturated heterocycles. The summed E-state index contributed by atoms with van der Waals surface area (Å²) in [7, 11) is 4.10. The quantitative estimate of drug-likeness (QED) is 0.742. The average Bonchev–Trinajstić information content (AvgIpc) is 2.61. The predicted molar refractivity (Wildman–Crippen MR) is 79.8 cm³/mol. The Kier molecular flexibility index (Phi) is 6.26. The molecule has 0 aromatic heterocycles. The Morgan fingerprint density at radius 2 is 2.10 bits per heavy atom. The summed E-state index contributed by atoms with van der Waals surface area (Å²) in [6.45, 7) is 6.42. The van der Waals surface area contributed by atoms with Crippen LogP contribution in [-0.4, -0.2) is 86.7 Å². The van der Waals surface area contributed by atoms with E-state index in [1.807, 2.05) is 4.90 Å². The summed E-state index contributed by atoms with van der Waals surface area (Å²) >= 11 is 0. The molecule has 0 aromatic rings. The molecule has 0 aromatic carbocycles. The van der Waals surface area contributed by atoms with Gasteiger partial charge < -0.3 is 14.5 Å². The van der Waals surface area contributed by atoms with Gasteiger partial charge in [-0.3, -0.25) is 9.69 Å². The lowest BCUT2D eigenvalue weighted by Gasteiger charge is -2.29. The molecule has 1 amide bonds. The van der Waals surface area contributed by atoms with Crippen molar-refractivity contribution in [3.63, 3.8) is 0 Å². The van der Waals surface area contributed by atoms with E-state index in [1.54, 1.807) is 0 Å². The van der Waals surface area contributed by atoms with E-state index < -0.39 is 0 Å². The largest absolute Gasteiger partial charge is 0.377 e. The first kappa shape index (κ1) is 15.7. The SMILES string of the molecule is CN(C)CCN1CCN(CC2CCCCO2)CCC1=O. The summed E-state index contributed by atoms with van der Waals surface area (Å²) in [4.78, 5) is 18.7. The lowest BCUT2D eigenvalue weighted by atomic mass is 10.1. The van der Waals surface area contributed by atoms with Crippen LogP contribution in [0.1, 0.15) is 25.7 Å². The van der Waals surface area contributed by atoms with E-state index in [0.717, 1.165) is 45.9 Å². The van der Waals surface area contributed by atoms with Crippen LogP contribution >= 0.6 is 0 Å². The van der Waals surface area contributed by atoms with Gasteiger partial charge >= 0.3 is 0 Å². The van der Waals surface area contributed by atoms with Gasteiger partial charge in [0, 0.05) is 52.3 Å². The maximum absolute atomic E-state index is 12.1. The lowest BCUT2D eigenvalue weighted by molar-refractivity contribution is -0.130. The summed E-state index contributed by atoms with van der Waals surface area (Å²) < 4.78 is 5.81. The van der Waals surface area contributed by atoms with Crippen molar-refractivity contribution in [1.29, 1.82) is 0 Å². The van der Waals surface area contributed by atoms with Crippen molar-refractivity contribution in [1.82, 2.24) is 14.7 Å². The van der Waals surface area contributed by atoms with Gasteiger partial charge in [-0.05, 0) is 33.4 Å². The molecule has 5 nitrogen and oxygen atoms in total. The van der Waals surface area contributed by atoms with Crippen LogP contribution in [0.4, 0.5) is 0 Å². The number of rotatable bonds is 5. The summed E-state index contributed by atoms with van der Waals surface area (Å²) in [5.41, 5.74) is 0. The molecule has 2 rings (SSSR count). The van der Waals surface area contributed by atoms with Crippen molar-refractivity contribution in [2.45, 2.75) is 31.8 Å². The summed E-state index contributed by atoms with van der Waals surface area (Å²) in [6, 6.07) is 0. The van der Waals surface area contributed by atoms with Crippen molar-refractivity contribution in [2.75, 3.05) is 60.0 Å². The molecular weight excluding hydrogens is 254 g/mol. The highest BCUT2D eigenvalue weighted by Gasteiger charge is 2.23. The molecule has 1 atom stereocenters. The average molecular weight is 283 g/mol. The Morgan fingerprint density at radius 1 is 1.25 bits per heavy atom. The minimum atomic E-state index is 0.305. The molecule has 5 heteroatoms. The minimum Gasteiger partial charge on any atom is -0.377 e. The Labute approximate surface area is 122 Å². The summed E-state index contributed by atoms with van der Waals surface area (Å²) in [6.07, 6.45) is 4.70. The fourth-order valence-corrected chi connectivity index (χ4v) is 2.89. The third-order valence-corrected chi connectivity index (χ3v) is 4.23. The number of ether oxygens (including phenoxy) is 1. The summed E-state index contributed by atoms with van der Waals surface area (Å²) in [5.74, 6) is 0.305. The maximum Gasteiger partial charge on any atom is 0.223 e. The van der Waals surface area contributed by atoms with Gasteiger partial charge in [-0.25, -0.2) is 0 Å². The third-order valence-electron chi connectivity index (χ3n) is 4.23. The van der Waals surface area contributed by atoms with Crippen molar-refractivity contribution < 1.29 is 9.53 Å². The second-order valence-corrected chi connectivity index (χ2v) is 6.22. The molecule has 0 aliphatic carbocycles. The van der Waals surface area contributed by atoms with Crippen molar-refractivity contribution in [3.8, 4) is 0 Å². The van der Waals surface area contributed by atoms with Crippen LogP contribution in [0.15, 0.2) is 0 Å². The fourth-order valence-electron chi connectivity index (χ4n) is 2.89. The second-order valence-electron chi connectivity index (χ2n) is 6.22. The molecular formula is C15H29N3O2. The number of amides is 1. The van der Waals surface area contributed by atoms with Gasteiger partial charge in [0.25, 0.3) is 0 Å². The number of likely N-dealkylation sites (N-methyl/N-ethyl adjacent to an activating group) is 1. The number of hydrogen-bond acceptors (Lipinski definition) is 4. The molecule has 0 radical (unpaired) electrons. The molecule has 116 valence electrons. The molecule has 2 aliphatic rings. The first-order valence-electron chi connectivity index (χ1n) is 7.91. The molecule has 20 heavy (non-hydrogen) atoms. The number of carbonyl (C=O) groups excluding carboxylic acids is 1. The van der Waals surface area contributed by atoms with E-state index in [9.17, 15) is 4.79 Å². The monoisotopic (exact) mass is 283 g/mol. The van der Waals surface area contributed by atoms with Gasteiger partial charge in [0.15, 0.2) is 0 Å². The van der Waals surface area contributed by atoms with E-state index in [1.165, 1.54) is 19.3 Å². The van der Waals surface area contributed by atoms with Crippen LogP contribution in [0.25, 0.3) is 0 Å². The van der Waals surface area contributed by atoms with Crippen molar-refractivity contribution in [3.05, 3.63) is 0 Å². The van der Waals surface area contributed by atoms with Crippen molar-refractivity contribution >= 4 is 5.91 Å². The molecule has 0 spiro atoms. The normalized spacial score (nSPS) is 26.1. The summed E-state index contributed by atoms with van der Waals surface area (Å²) in [5, 5.41) is 0. The molecule has 0 saturated carbocycles. The van der Waals surface area contributed by atoms with E-state index in [2.05, 4.69) is 23.9 Å². The molecule has 1 unspecified atom stereocenters. The minimum absolute atomic E-state index is 0.305. The zero-order chi connectivity index (χ0) is 14.4. The van der Waals surface area contributed by atoms with Gasteiger partial charge in [-0.2, -0.15) is 0 Å². The van der Waals surface area contributed by atoms with Crippen LogP contribution in [-0.2, 0) is 9.53 Å². The lowest BCUT2D eigenvalue weighted by Crippen LogP contribution is -2.39.